The third-order valence-electron chi connectivity index (χ3n) is 7.10. The topological polar surface area (TPSA) is 127 Å². The fraction of sp³-hybridized carbons (Fsp3) is 0.133. The molecule has 45 heavy (non-hydrogen) atoms. The number of anilines is 3. The highest BCUT2D eigenvalue weighted by Gasteiger charge is 2.31. The molecule has 6 aromatic rings. The first-order chi connectivity index (χ1) is 21.8. The first-order valence-corrected chi connectivity index (χ1v) is 13.8. The van der Waals surface area contributed by atoms with E-state index in [0.29, 0.717) is 5.75 Å². The van der Waals surface area contributed by atoms with Gasteiger partial charge in [0.15, 0.2) is 5.65 Å². The van der Waals surface area contributed by atoms with Crippen LogP contribution in [0.15, 0.2) is 91.6 Å². The van der Waals surface area contributed by atoms with Gasteiger partial charge in [0.05, 0.1) is 46.9 Å². The predicted molar refractivity (Wildman–Crippen MR) is 159 cm³/mol. The van der Waals surface area contributed by atoms with Crippen LogP contribution < -0.4 is 20.3 Å². The summed E-state index contributed by atoms with van der Waals surface area (Å²) in [6.07, 6.45) is 3.99. The van der Waals surface area contributed by atoms with Crippen molar-refractivity contribution in [1.29, 1.82) is 0 Å². The Morgan fingerprint density at radius 1 is 0.911 bits per heavy atom. The van der Waals surface area contributed by atoms with Crippen LogP contribution in [0.4, 0.5) is 35.2 Å². The summed E-state index contributed by atoms with van der Waals surface area (Å²) >= 11 is 0. The monoisotopic (exact) mass is 612 g/mol. The van der Waals surface area contributed by atoms with Crippen molar-refractivity contribution in [2.24, 2.45) is 0 Å². The molecule has 0 saturated carbocycles. The smallest absolute Gasteiger partial charge is 0.416 e. The van der Waals surface area contributed by atoms with E-state index in [9.17, 15) is 18.0 Å². The van der Waals surface area contributed by atoms with Crippen LogP contribution in [0.5, 0.6) is 11.8 Å². The highest BCUT2D eigenvalue weighted by atomic mass is 19.4. The van der Waals surface area contributed by atoms with E-state index in [-0.39, 0.29) is 23.1 Å². The zero-order valence-corrected chi connectivity index (χ0v) is 23.3. The number of halogens is 3. The Bertz CT molecular complexity index is 1970. The van der Waals surface area contributed by atoms with Gasteiger partial charge in [-0.1, -0.05) is 0 Å². The summed E-state index contributed by atoms with van der Waals surface area (Å²) in [7, 11) is 0. The van der Waals surface area contributed by atoms with E-state index in [0.717, 1.165) is 54.4 Å². The number of urea groups is 1. The third-order valence-corrected chi connectivity index (χ3v) is 7.10. The fourth-order valence-corrected chi connectivity index (χ4v) is 4.72. The second-order valence-electron chi connectivity index (χ2n) is 10.1. The number of nitrogens with zero attached hydrogens (tertiary/aromatic N) is 8. The lowest BCUT2D eigenvalue weighted by molar-refractivity contribution is -0.137. The van der Waals surface area contributed by atoms with E-state index in [1.165, 1.54) is 29.3 Å². The van der Waals surface area contributed by atoms with Crippen LogP contribution in [0.25, 0.3) is 22.6 Å². The van der Waals surface area contributed by atoms with Gasteiger partial charge in [-0.3, -0.25) is 0 Å². The number of benzene rings is 2. The van der Waals surface area contributed by atoms with E-state index >= 15 is 0 Å². The average molecular weight is 613 g/mol. The molecule has 0 unspecified atom stereocenters. The minimum atomic E-state index is -4.59. The maximum Gasteiger partial charge on any atom is 0.416 e. The molecule has 7 rings (SSSR count). The van der Waals surface area contributed by atoms with Crippen molar-refractivity contribution in [3.63, 3.8) is 0 Å². The Balaban J connectivity index is 1.01. The molecule has 0 atom stereocenters. The van der Waals surface area contributed by atoms with E-state index in [1.807, 2.05) is 28.8 Å². The third kappa shape index (κ3) is 5.82. The molecule has 0 spiro atoms. The standard InChI is InChI=1S/C30H23F3N10O2/c31-30(32,33)20-5-8-24(42-14-1-11-37-42)23(15-20)39-28(44)38-21-16-35-29(36-17-21)45-22-6-3-19(4-7-22)25-18-34-26-9-10-27(40-43(25)26)41-12-2-13-41/h1,3-11,14-18H,2,12-13H2,(H2,38,39,44). The number of carbonyl (C=O) groups is 1. The van der Waals surface area contributed by atoms with Crippen molar-refractivity contribution in [2.45, 2.75) is 12.6 Å². The van der Waals surface area contributed by atoms with Gasteiger partial charge >= 0.3 is 18.2 Å². The number of hydrogen-bond donors (Lipinski definition) is 2. The summed E-state index contributed by atoms with van der Waals surface area (Å²) in [5.74, 6) is 1.39. The molecule has 2 N–H and O–H groups in total. The lowest BCUT2D eigenvalue weighted by Gasteiger charge is -2.31. The van der Waals surface area contributed by atoms with Crippen molar-refractivity contribution in [2.75, 3.05) is 28.6 Å². The molecule has 0 aliphatic carbocycles. The molecule has 4 aromatic heterocycles. The number of carbonyl (C=O) groups excluding carboxylic acids is 1. The average Bonchev–Trinajstić information content (AvgIpc) is 3.68. The quantitative estimate of drug-likeness (QED) is 0.224. The van der Waals surface area contributed by atoms with Gasteiger partial charge < -0.3 is 20.3 Å². The lowest BCUT2D eigenvalue weighted by Crippen LogP contribution is -2.37. The molecular weight excluding hydrogens is 589 g/mol. The Kier molecular flexibility index (Phi) is 6.96. The molecule has 15 heteroatoms. The van der Waals surface area contributed by atoms with Gasteiger partial charge in [-0.25, -0.2) is 28.9 Å². The van der Waals surface area contributed by atoms with Crippen molar-refractivity contribution in [1.82, 2.24) is 34.3 Å². The van der Waals surface area contributed by atoms with Crippen LogP contribution in [-0.2, 0) is 6.18 Å². The number of imidazole rings is 1. The van der Waals surface area contributed by atoms with Gasteiger partial charge in [0.25, 0.3) is 0 Å². The number of fused-ring (bicyclic) bond motifs is 1. The minimum absolute atomic E-state index is 0.0308. The number of hydrogen-bond acceptors (Lipinski definition) is 8. The van der Waals surface area contributed by atoms with Gasteiger partial charge in [-0.05, 0) is 67.1 Å². The molecule has 0 bridgehead atoms. The highest BCUT2D eigenvalue weighted by molar-refractivity contribution is 6.00. The summed E-state index contributed by atoms with van der Waals surface area (Å²) in [6, 6.07) is 15.0. The van der Waals surface area contributed by atoms with Gasteiger partial charge in [-0.2, -0.15) is 18.3 Å². The Labute approximate surface area is 253 Å². The molecule has 1 aliphatic heterocycles. The maximum atomic E-state index is 13.3. The normalized spacial score (nSPS) is 13.0. The summed E-state index contributed by atoms with van der Waals surface area (Å²) < 4.78 is 48.9. The number of alkyl halides is 3. The summed E-state index contributed by atoms with van der Waals surface area (Å²) in [5.41, 5.74) is 1.92. The van der Waals surface area contributed by atoms with Crippen LogP contribution in [0.3, 0.4) is 0 Å². The van der Waals surface area contributed by atoms with Gasteiger partial charge in [0, 0.05) is 31.0 Å². The summed E-state index contributed by atoms with van der Waals surface area (Å²) in [5, 5.41) is 13.7. The molecule has 0 radical (unpaired) electrons. The number of rotatable bonds is 7. The largest absolute Gasteiger partial charge is 0.424 e. The number of aromatic nitrogens is 7. The number of nitrogens with one attached hydrogen (secondary N) is 2. The van der Waals surface area contributed by atoms with E-state index in [2.05, 4.69) is 35.6 Å². The molecule has 1 aliphatic rings. The van der Waals surface area contributed by atoms with Crippen molar-refractivity contribution in [3.05, 3.63) is 97.2 Å². The lowest BCUT2D eigenvalue weighted by atomic mass is 10.1. The predicted octanol–water partition coefficient (Wildman–Crippen LogP) is 6.04. The Hall–Kier alpha value is -5.99. The van der Waals surface area contributed by atoms with E-state index in [1.54, 1.807) is 30.6 Å². The molecule has 1 fully saturated rings. The first-order valence-electron chi connectivity index (χ1n) is 13.8. The molecule has 2 amide bonds. The van der Waals surface area contributed by atoms with Crippen LogP contribution in [0.2, 0.25) is 0 Å². The van der Waals surface area contributed by atoms with E-state index in [4.69, 9.17) is 9.84 Å². The second-order valence-corrected chi connectivity index (χ2v) is 10.1. The van der Waals surface area contributed by atoms with Gasteiger partial charge in [0.1, 0.15) is 11.6 Å². The van der Waals surface area contributed by atoms with Gasteiger partial charge in [-0.15, -0.1) is 5.10 Å². The molecular formula is C30H23F3N10O2. The Morgan fingerprint density at radius 2 is 1.71 bits per heavy atom. The summed E-state index contributed by atoms with van der Waals surface area (Å²) in [4.78, 5) is 27.6. The van der Waals surface area contributed by atoms with Crippen LogP contribution in [0.1, 0.15) is 12.0 Å². The molecule has 1 saturated heterocycles. The zero-order valence-electron chi connectivity index (χ0n) is 23.3. The van der Waals surface area contributed by atoms with Crippen LogP contribution in [-0.4, -0.2) is 53.5 Å². The van der Waals surface area contributed by atoms with Crippen LogP contribution >= 0.6 is 0 Å². The molecule has 2 aromatic carbocycles. The highest BCUT2D eigenvalue weighted by Crippen LogP contribution is 2.33. The van der Waals surface area contributed by atoms with Crippen molar-refractivity contribution in [3.8, 4) is 28.7 Å². The van der Waals surface area contributed by atoms with Crippen LogP contribution in [0, 0.1) is 0 Å². The van der Waals surface area contributed by atoms with E-state index < -0.39 is 17.8 Å². The molecule has 12 nitrogen and oxygen atoms in total. The maximum absolute atomic E-state index is 13.3. The van der Waals surface area contributed by atoms with Crippen molar-refractivity contribution >= 4 is 28.9 Å². The SMILES string of the molecule is O=C(Nc1cnc(Oc2ccc(-c3cnc4ccc(N5CCC5)nn34)cc2)nc1)Nc1cc(C(F)(F)F)ccc1-n1cccn1. The molecule has 226 valence electrons. The zero-order chi connectivity index (χ0) is 31.0. The first kappa shape index (κ1) is 27.8. The molecule has 5 heterocycles. The van der Waals surface area contributed by atoms with Crippen molar-refractivity contribution < 1.29 is 22.7 Å². The number of ether oxygens (including phenoxy) is 1. The van der Waals surface area contributed by atoms with Gasteiger partial charge in [0.2, 0.25) is 0 Å². The minimum Gasteiger partial charge on any atom is -0.424 e. The fourth-order valence-electron chi connectivity index (χ4n) is 4.72. The Morgan fingerprint density at radius 3 is 2.40 bits per heavy atom. The number of amides is 2. The summed E-state index contributed by atoms with van der Waals surface area (Å²) in [6.45, 7) is 1.99. The second kappa shape index (κ2) is 11.3.